The van der Waals surface area contributed by atoms with Gasteiger partial charge in [0.15, 0.2) is 11.5 Å². The molecule has 2 amide bonds. The number of amides is 2. The van der Waals surface area contributed by atoms with Gasteiger partial charge in [0.05, 0.1) is 32.7 Å². The third kappa shape index (κ3) is 7.23. The van der Waals surface area contributed by atoms with Gasteiger partial charge in [-0.25, -0.2) is 5.43 Å². The van der Waals surface area contributed by atoms with E-state index in [0.29, 0.717) is 47.5 Å². The highest BCUT2D eigenvalue weighted by Crippen LogP contribution is 2.30. The quantitative estimate of drug-likeness (QED) is 0.251. The van der Waals surface area contributed by atoms with Gasteiger partial charge in [-0.15, -0.1) is 0 Å². The van der Waals surface area contributed by atoms with Gasteiger partial charge in [-0.1, -0.05) is 29.8 Å². The zero-order chi connectivity index (χ0) is 25.9. The maximum atomic E-state index is 12.3. The van der Waals surface area contributed by atoms with Crippen LogP contribution in [0.5, 0.6) is 23.0 Å². The number of carbonyl (C=O) groups excluding carboxylic acids is 2. The van der Waals surface area contributed by atoms with Gasteiger partial charge < -0.3 is 24.3 Å². The first-order valence-electron chi connectivity index (χ1n) is 11.2. The van der Waals surface area contributed by atoms with E-state index in [1.54, 1.807) is 36.4 Å². The van der Waals surface area contributed by atoms with Crippen molar-refractivity contribution in [3.8, 4) is 23.0 Å². The van der Waals surface area contributed by atoms with Gasteiger partial charge in [0.2, 0.25) is 0 Å². The minimum absolute atomic E-state index is 0.295. The molecule has 3 aromatic rings. The monoisotopic (exact) mass is 491 g/mol. The van der Waals surface area contributed by atoms with Gasteiger partial charge in [0.1, 0.15) is 18.1 Å². The Morgan fingerprint density at radius 1 is 0.889 bits per heavy atom. The van der Waals surface area contributed by atoms with Crippen molar-refractivity contribution in [1.29, 1.82) is 0 Å². The molecule has 0 bridgehead atoms. The number of nitrogens with one attached hydrogen (secondary N) is 2. The summed E-state index contributed by atoms with van der Waals surface area (Å²) < 4.78 is 22.0. The van der Waals surface area contributed by atoms with Crippen LogP contribution >= 0.6 is 0 Å². The summed E-state index contributed by atoms with van der Waals surface area (Å²) in [6.07, 6.45) is 1.41. The zero-order valence-electron chi connectivity index (χ0n) is 20.7. The second-order valence-electron chi connectivity index (χ2n) is 7.64. The molecule has 3 rings (SSSR count). The second kappa shape index (κ2) is 12.8. The van der Waals surface area contributed by atoms with E-state index in [9.17, 15) is 9.59 Å². The molecule has 188 valence electrons. The van der Waals surface area contributed by atoms with Crippen LogP contribution in [0, 0.1) is 6.92 Å². The summed E-state index contributed by atoms with van der Waals surface area (Å²) in [5, 5.41) is 6.36. The zero-order valence-corrected chi connectivity index (χ0v) is 20.7. The SMILES string of the molecule is CCOc1cc(/C=N/NC(=O)C(=O)Nc2cc(OC)ccc2OC)ccc1OCc1cccc(C)c1. The number of nitrogens with zero attached hydrogens (tertiary/aromatic N) is 1. The largest absolute Gasteiger partial charge is 0.497 e. The van der Waals surface area contributed by atoms with Crippen LogP contribution in [0.3, 0.4) is 0 Å². The summed E-state index contributed by atoms with van der Waals surface area (Å²) in [7, 11) is 2.95. The highest BCUT2D eigenvalue weighted by atomic mass is 16.5. The van der Waals surface area contributed by atoms with Crippen LogP contribution in [-0.4, -0.2) is 38.9 Å². The Labute approximate surface area is 210 Å². The van der Waals surface area contributed by atoms with E-state index in [1.165, 1.54) is 20.4 Å². The molecule has 0 saturated heterocycles. The highest BCUT2D eigenvalue weighted by molar-refractivity contribution is 6.39. The molecule has 0 atom stereocenters. The minimum atomic E-state index is -0.945. The maximum Gasteiger partial charge on any atom is 0.329 e. The third-order valence-corrected chi connectivity index (χ3v) is 4.99. The molecule has 0 aliphatic carbocycles. The molecule has 0 aromatic heterocycles. The number of hydrazone groups is 1. The molecule has 0 spiro atoms. The Balaban J connectivity index is 1.62. The van der Waals surface area contributed by atoms with Crippen LogP contribution in [0.15, 0.2) is 65.8 Å². The lowest BCUT2D eigenvalue weighted by molar-refractivity contribution is -0.136. The summed E-state index contributed by atoms with van der Waals surface area (Å²) in [6.45, 7) is 4.76. The molecule has 3 aromatic carbocycles. The summed E-state index contributed by atoms with van der Waals surface area (Å²) in [6, 6.07) is 18.2. The molecular formula is C27H29N3O6. The Kier molecular flexibility index (Phi) is 9.27. The van der Waals surface area contributed by atoms with Crippen molar-refractivity contribution in [3.63, 3.8) is 0 Å². The standard InChI is InChI=1S/C27H29N3O6/c1-5-35-25-14-19(9-11-24(25)36-17-20-8-6-7-18(2)13-20)16-28-30-27(32)26(31)29-22-15-21(33-3)10-12-23(22)34-4/h6-16H,5,17H2,1-4H3,(H,29,31)(H,30,32)/b28-16+. The molecule has 0 heterocycles. The molecule has 0 saturated carbocycles. The Morgan fingerprint density at radius 2 is 1.69 bits per heavy atom. The number of aryl methyl sites for hydroxylation is 1. The predicted octanol–water partition coefficient (Wildman–Crippen LogP) is 4.08. The number of anilines is 1. The molecule has 9 heteroatoms. The molecule has 0 fully saturated rings. The van der Waals surface area contributed by atoms with Crippen LogP contribution < -0.4 is 29.7 Å². The molecule has 9 nitrogen and oxygen atoms in total. The van der Waals surface area contributed by atoms with Gasteiger partial charge in [-0.05, 0) is 55.3 Å². The number of hydrogen-bond donors (Lipinski definition) is 2. The van der Waals surface area contributed by atoms with Crippen LogP contribution in [-0.2, 0) is 16.2 Å². The molecule has 36 heavy (non-hydrogen) atoms. The van der Waals surface area contributed by atoms with Gasteiger partial charge in [0.25, 0.3) is 0 Å². The van der Waals surface area contributed by atoms with E-state index in [4.69, 9.17) is 18.9 Å². The van der Waals surface area contributed by atoms with Crippen LogP contribution in [0.25, 0.3) is 0 Å². The van der Waals surface area contributed by atoms with E-state index in [-0.39, 0.29) is 0 Å². The van der Waals surface area contributed by atoms with Crippen molar-refractivity contribution in [2.24, 2.45) is 5.10 Å². The number of benzene rings is 3. The summed E-state index contributed by atoms with van der Waals surface area (Å²) in [4.78, 5) is 24.5. The van der Waals surface area contributed by atoms with E-state index in [1.807, 2.05) is 32.0 Å². The number of ether oxygens (including phenoxy) is 4. The lowest BCUT2D eigenvalue weighted by atomic mass is 10.1. The summed E-state index contributed by atoms with van der Waals surface area (Å²) in [5.74, 6) is 0.164. The first kappa shape index (κ1) is 26.1. The maximum absolute atomic E-state index is 12.3. The molecule has 0 unspecified atom stereocenters. The number of carbonyl (C=O) groups is 2. The number of rotatable bonds is 10. The molecule has 0 radical (unpaired) electrons. The molecule has 0 aliphatic heterocycles. The lowest BCUT2D eigenvalue weighted by Crippen LogP contribution is -2.32. The van der Waals surface area contributed by atoms with Crippen LogP contribution in [0.2, 0.25) is 0 Å². The van der Waals surface area contributed by atoms with E-state index >= 15 is 0 Å². The fraction of sp³-hybridized carbons (Fsp3) is 0.222. The predicted molar refractivity (Wildman–Crippen MR) is 137 cm³/mol. The van der Waals surface area contributed by atoms with Crippen molar-refractivity contribution in [2.45, 2.75) is 20.5 Å². The first-order chi connectivity index (χ1) is 17.4. The van der Waals surface area contributed by atoms with Crippen molar-refractivity contribution < 1.29 is 28.5 Å². The van der Waals surface area contributed by atoms with Crippen molar-refractivity contribution >= 4 is 23.7 Å². The Bertz CT molecular complexity index is 1240. The van der Waals surface area contributed by atoms with Gasteiger partial charge >= 0.3 is 11.8 Å². The third-order valence-electron chi connectivity index (χ3n) is 4.99. The van der Waals surface area contributed by atoms with Crippen LogP contribution in [0.4, 0.5) is 5.69 Å². The summed E-state index contributed by atoms with van der Waals surface area (Å²) >= 11 is 0. The Morgan fingerprint density at radius 3 is 2.42 bits per heavy atom. The van der Waals surface area contributed by atoms with E-state index < -0.39 is 11.8 Å². The number of hydrogen-bond acceptors (Lipinski definition) is 7. The highest BCUT2D eigenvalue weighted by Gasteiger charge is 2.16. The average Bonchev–Trinajstić information content (AvgIpc) is 2.88. The first-order valence-corrected chi connectivity index (χ1v) is 11.2. The summed E-state index contributed by atoms with van der Waals surface area (Å²) in [5.41, 5.74) is 5.36. The second-order valence-corrected chi connectivity index (χ2v) is 7.64. The fourth-order valence-electron chi connectivity index (χ4n) is 3.26. The Hall–Kier alpha value is -4.53. The normalized spacial score (nSPS) is 10.6. The van der Waals surface area contributed by atoms with E-state index in [2.05, 4.69) is 21.9 Å². The average molecular weight is 492 g/mol. The van der Waals surface area contributed by atoms with Crippen molar-refractivity contribution in [2.75, 3.05) is 26.1 Å². The van der Waals surface area contributed by atoms with Gasteiger partial charge in [0, 0.05) is 6.07 Å². The van der Waals surface area contributed by atoms with Gasteiger partial charge in [-0.2, -0.15) is 5.10 Å². The minimum Gasteiger partial charge on any atom is -0.497 e. The van der Waals surface area contributed by atoms with Crippen molar-refractivity contribution in [3.05, 3.63) is 77.4 Å². The fourth-order valence-corrected chi connectivity index (χ4v) is 3.26. The van der Waals surface area contributed by atoms with Crippen molar-refractivity contribution in [1.82, 2.24) is 5.43 Å². The van der Waals surface area contributed by atoms with Gasteiger partial charge in [-0.3, -0.25) is 9.59 Å². The van der Waals surface area contributed by atoms with Crippen LogP contribution in [0.1, 0.15) is 23.6 Å². The topological polar surface area (TPSA) is 107 Å². The van der Waals surface area contributed by atoms with E-state index in [0.717, 1.165) is 11.1 Å². The molecule has 2 N–H and O–H groups in total. The smallest absolute Gasteiger partial charge is 0.329 e. The molecule has 0 aliphatic rings. The number of methoxy groups -OCH3 is 2. The molecular weight excluding hydrogens is 462 g/mol. The lowest BCUT2D eigenvalue weighted by Gasteiger charge is -2.13.